The van der Waals surface area contributed by atoms with Crippen molar-refractivity contribution in [1.29, 1.82) is 0 Å². The Hall–Kier alpha value is -3.68. The molecule has 1 aliphatic carbocycles. The van der Waals surface area contributed by atoms with E-state index in [-0.39, 0.29) is 22.3 Å². The lowest BCUT2D eigenvalue weighted by molar-refractivity contribution is 0.0677. The molecule has 0 bridgehead atoms. The Balaban J connectivity index is 0.000000190. The molecule has 0 saturated heterocycles. The summed E-state index contributed by atoms with van der Waals surface area (Å²) in [6, 6.07) is 7.75. The van der Waals surface area contributed by atoms with Gasteiger partial charge < -0.3 is 20.4 Å². The van der Waals surface area contributed by atoms with Crippen molar-refractivity contribution in [3.63, 3.8) is 0 Å². The molecule has 0 atom stereocenters. The van der Waals surface area contributed by atoms with Crippen LogP contribution in [0, 0.1) is 0 Å². The van der Waals surface area contributed by atoms with E-state index >= 15 is 0 Å². The van der Waals surface area contributed by atoms with Crippen LogP contribution in [-0.4, -0.2) is 44.3 Å². The molecule has 0 amide bonds. The average molecular weight is 358 g/mol. The first kappa shape index (κ1) is 18.7. The second-order valence-electron chi connectivity index (χ2n) is 5.42. The Kier molecular flexibility index (Phi) is 5.36. The van der Waals surface area contributed by atoms with Crippen LogP contribution in [0.2, 0.25) is 0 Å². The fourth-order valence-corrected chi connectivity index (χ4v) is 2.49. The third kappa shape index (κ3) is 3.86. The van der Waals surface area contributed by atoms with Gasteiger partial charge in [-0.15, -0.1) is 0 Å². The summed E-state index contributed by atoms with van der Waals surface area (Å²) in [5, 5.41) is 34.5. The third-order valence-electron chi connectivity index (χ3n) is 3.90. The normalized spacial score (nSPS) is 11.2. The van der Waals surface area contributed by atoms with E-state index in [1.54, 1.807) is 0 Å². The van der Waals surface area contributed by atoms with E-state index in [1.165, 1.54) is 36.4 Å². The highest BCUT2D eigenvalue weighted by Gasteiger charge is 2.26. The van der Waals surface area contributed by atoms with Crippen molar-refractivity contribution >= 4 is 23.9 Å². The number of rotatable bonds is 4. The summed E-state index contributed by atoms with van der Waals surface area (Å²) in [5.41, 5.74) is 1.99. The number of hydrogen-bond donors (Lipinski definition) is 4. The molecule has 0 heterocycles. The van der Waals surface area contributed by atoms with Crippen molar-refractivity contribution in [2.45, 2.75) is 12.8 Å². The molecule has 0 spiro atoms. The Morgan fingerprint density at radius 2 is 0.846 bits per heavy atom. The van der Waals surface area contributed by atoms with E-state index in [9.17, 15) is 19.2 Å². The molecule has 8 heteroatoms. The van der Waals surface area contributed by atoms with Crippen molar-refractivity contribution in [3.8, 4) is 0 Å². The van der Waals surface area contributed by atoms with Crippen LogP contribution in [0.5, 0.6) is 0 Å². The first-order valence-electron chi connectivity index (χ1n) is 7.40. The summed E-state index contributed by atoms with van der Waals surface area (Å²) in [7, 11) is 0. The summed E-state index contributed by atoms with van der Waals surface area (Å²) in [6.07, 6.45) is 1.33. The lowest BCUT2D eigenvalue weighted by Crippen LogP contribution is -2.19. The fraction of sp³-hybridized carbons (Fsp3) is 0.111. The molecule has 0 unspecified atom stereocenters. The SMILES string of the molecule is O=C(O)c1ccc(C(=O)O)c2c1CC2.O=C(O)c1ccc(C(=O)O)cc1. The quantitative estimate of drug-likeness (QED) is 0.650. The minimum Gasteiger partial charge on any atom is -0.478 e. The van der Waals surface area contributed by atoms with Crippen LogP contribution in [0.15, 0.2) is 36.4 Å². The second-order valence-corrected chi connectivity index (χ2v) is 5.42. The summed E-state index contributed by atoms with van der Waals surface area (Å²) in [6.45, 7) is 0. The maximum absolute atomic E-state index is 10.7. The van der Waals surface area contributed by atoms with Gasteiger partial charge >= 0.3 is 23.9 Å². The smallest absolute Gasteiger partial charge is 0.335 e. The van der Waals surface area contributed by atoms with Gasteiger partial charge in [0.25, 0.3) is 0 Å². The molecule has 0 aliphatic heterocycles. The number of carboxylic acids is 4. The van der Waals surface area contributed by atoms with E-state index in [2.05, 4.69) is 0 Å². The lowest BCUT2D eigenvalue weighted by atomic mass is 9.81. The molecule has 0 aromatic heterocycles. The second kappa shape index (κ2) is 7.47. The number of hydrogen-bond acceptors (Lipinski definition) is 4. The Labute approximate surface area is 147 Å². The molecule has 134 valence electrons. The molecule has 0 fully saturated rings. The molecule has 4 N–H and O–H groups in total. The molecular weight excluding hydrogens is 344 g/mol. The molecule has 0 radical (unpaired) electrons. The molecular formula is C18H14O8. The van der Waals surface area contributed by atoms with Crippen LogP contribution in [0.4, 0.5) is 0 Å². The zero-order valence-corrected chi connectivity index (χ0v) is 13.3. The van der Waals surface area contributed by atoms with Crippen molar-refractivity contribution in [1.82, 2.24) is 0 Å². The van der Waals surface area contributed by atoms with Gasteiger partial charge in [-0.05, 0) is 60.4 Å². The third-order valence-corrected chi connectivity index (χ3v) is 3.90. The minimum absolute atomic E-state index is 0.0833. The van der Waals surface area contributed by atoms with Crippen LogP contribution in [-0.2, 0) is 12.8 Å². The van der Waals surface area contributed by atoms with Gasteiger partial charge in [-0.3, -0.25) is 0 Å². The first-order chi connectivity index (χ1) is 12.2. The van der Waals surface area contributed by atoms with Crippen LogP contribution in [0.25, 0.3) is 0 Å². The zero-order chi connectivity index (χ0) is 19.4. The van der Waals surface area contributed by atoms with Crippen molar-refractivity contribution < 1.29 is 39.6 Å². The molecule has 2 aromatic carbocycles. The lowest BCUT2D eigenvalue weighted by Gasteiger charge is -2.22. The zero-order valence-electron chi connectivity index (χ0n) is 13.3. The molecule has 1 aliphatic rings. The maximum atomic E-state index is 10.7. The van der Waals surface area contributed by atoms with E-state index in [1.807, 2.05) is 0 Å². The standard InChI is InChI=1S/C10H8O4.C8H6O4/c11-9(12)7-3-4-8(10(13)14)6-2-1-5(6)7;9-7(10)5-1-2-6(4-3-5)8(11)12/h3-4H,1-2H2,(H,11,12)(H,13,14);1-4H,(H,9,10)(H,11,12). The largest absolute Gasteiger partial charge is 0.478 e. The molecule has 26 heavy (non-hydrogen) atoms. The predicted molar refractivity (Wildman–Crippen MR) is 88.1 cm³/mol. The summed E-state index contributed by atoms with van der Waals surface area (Å²) >= 11 is 0. The highest BCUT2D eigenvalue weighted by Crippen LogP contribution is 2.30. The average Bonchev–Trinajstić information content (AvgIpc) is 2.55. The van der Waals surface area contributed by atoms with Crippen molar-refractivity contribution in [3.05, 3.63) is 69.8 Å². The Morgan fingerprint density at radius 3 is 1.04 bits per heavy atom. The molecule has 3 rings (SSSR count). The van der Waals surface area contributed by atoms with Gasteiger partial charge in [-0.25, -0.2) is 19.2 Å². The van der Waals surface area contributed by atoms with E-state index in [0.29, 0.717) is 24.0 Å². The van der Waals surface area contributed by atoms with Gasteiger partial charge in [0.2, 0.25) is 0 Å². The van der Waals surface area contributed by atoms with Crippen molar-refractivity contribution in [2.24, 2.45) is 0 Å². The number of aromatic carboxylic acids is 4. The summed E-state index contributed by atoms with van der Waals surface area (Å²) in [4.78, 5) is 42.2. The first-order valence-corrected chi connectivity index (χ1v) is 7.40. The highest BCUT2D eigenvalue weighted by molar-refractivity contribution is 5.96. The van der Waals surface area contributed by atoms with Gasteiger partial charge in [0.15, 0.2) is 0 Å². The monoisotopic (exact) mass is 358 g/mol. The van der Waals surface area contributed by atoms with Gasteiger partial charge in [-0.1, -0.05) is 0 Å². The van der Waals surface area contributed by atoms with Crippen LogP contribution < -0.4 is 0 Å². The summed E-state index contributed by atoms with van der Waals surface area (Å²) < 4.78 is 0. The van der Waals surface area contributed by atoms with E-state index in [0.717, 1.165) is 0 Å². The van der Waals surface area contributed by atoms with Crippen molar-refractivity contribution in [2.75, 3.05) is 0 Å². The van der Waals surface area contributed by atoms with Gasteiger partial charge in [0.1, 0.15) is 0 Å². The Bertz CT molecular complexity index is 822. The predicted octanol–water partition coefficient (Wildman–Crippen LogP) is 2.26. The van der Waals surface area contributed by atoms with Crippen LogP contribution in [0.3, 0.4) is 0 Å². The summed E-state index contributed by atoms with van der Waals surface area (Å²) in [5.74, 6) is -4.10. The molecule has 2 aromatic rings. The molecule has 8 nitrogen and oxygen atoms in total. The number of carboxylic acid groups (broad SMARTS) is 4. The maximum Gasteiger partial charge on any atom is 0.335 e. The highest BCUT2D eigenvalue weighted by atomic mass is 16.4. The minimum atomic E-state index is -1.06. The fourth-order valence-electron chi connectivity index (χ4n) is 2.49. The number of benzene rings is 2. The van der Waals surface area contributed by atoms with Gasteiger partial charge in [0, 0.05) is 0 Å². The molecule has 0 saturated carbocycles. The van der Waals surface area contributed by atoms with Crippen LogP contribution in [0.1, 0.15) is 52.6 Å². The van der Waals surface area contributed by atoms with Gasteiger partial charge in [-0.2, -0.15) is 0 Å². The van der Waals surface area contributed by atoms with E-state index in [4.69, 9.17) is 20.4 Å². The topological polar surface area (TPSA) is 149 Å². The number of carbonyl (C=O) groups is 4. The van der Waals surface area contributed by atoms with Crippen LogP contribution >= 0.6 is 0 Å². The number of fused-ring (bicyclic) bond motifs is 1. The Morgan fingerprint density at radius 1 is 0.538 bits per heavy atom. The van der Waals surface area contributed by atoms with E-state index < -0.39 is 23.9 Å². The van der Waals surface area contributed by atoms with Gasteiger partial charge in [0.05, 0.1) is 22.3 Å².